The summed E-state index contributed by atoms with van der Waals surface area (Å²) in [6, 6.07) is 9.59. The zero-order valence-corrected chi connectivity index (χ0v) is 11.5. The number of aromatic nitrogens is 3. The van der Waals surface area contributed by atoms with Crippen LogP contribution in [0.15, 0.2) is 29.4 Å². The van der Waals surface area contributed by atoms with E-state index in [-0.39, 0.29) is 5.25 Å². The molecule has 1 heterocycles. The molecule has 6 heteroatoms. The lowest BCUT2D eigenvalue weighted by Gasteiger charge is -2.04. The minimum absolute atomic E-state index is 0.147. The van der Waals surface area contributed by atoms with Crippen molar-refractivity contribution in [3.63, 3.8) is 0 Å². The first kappa shape index (κ1) is 12.9. The third-order valence-electron chi connectivity index (χ3n) is 2.40. The van der Waals surface area contributed by atoms with E-state index in [1.54, 1.807) is 0 Å². The molecule has 0 amide bonds. The van der Waals surface area contributed by atoms with Gasteiger partial charge in [-0.05, 0) is 31.2 Å². The number of thioether (sulfide) groups is 1. The molecule has 18 heavy (non-hydrogen) atoms. The van der Waals surface area contributed by atoms with Crippen molar-refractivity contribution >= 4 is 23.4 Å². The van der Waals surface area contributed by atoms with Crippen LogP contribution in [0.4, 0.5) is 0 Å². The van der Waals surface area contributed by atoms with Crippen LogP contribution in [0.25, 0.3) is 11.4 Å². The predicted octanol–water partition coefficient (Wildman–Crippen LogP) is 3.14. The van der Waals surface area contributed by atoms with E-state index in [0.29, 0.717) is 5.02 Å². The lowest BCUT2D eigenvalue weighted by molar-refractivity contribution is 0.792. The van der Waals surface area contributed by atoms with E-state index in [1.165, 1.54) is 11.8 Å². The summed E-state index contributed by atoms with van der Waals surface area (Å²) in [5, 5.41) is 18.3. The van der Waals surface area contributed by atoms with E-state index < -0.39 is 0 Å². The largest absolute Gasteiger partial charge is 0.305 e. The van der Waals surface area contributed by atoms with Gasteiger partial charge in [0.25, 0.3) is 0 Å². The van der Waals surface area contributed by atoms with E-state index in [1.807, 2.05) is 42.8 Å². The Kier molecular flexibility index (Phi) is 3.90. The molecule has 0 radical (unpaired) electrons. The Bertz CT molecular complexity index is 585. The summed E-state index contributed by atoms with van der Waals surface area (Å²) in [5.74, 6) is 0.763. The van der Waals surface area contributed by atoms with Crippen LogP contribution in [0.5, 0.6) is 0 Å². The van der Waals surface area contributed by atoms with Crippen LogP contribution in [-0.4, -0.2) is 20.0 Å². The second-order valence-corrected chi connectivity index (χ2v) is 5.51. The normalized spacial score (nSPS) is 12.1. The van der Waals surface area contributed by atoms with Crippen molar-refractivity contribution in [3.8, 4) is 17.5 Å². The van der Waals surface area contributed by atoms with Crippen LogP contribution in [0, 0.1) is 11.3 Å². The highest BCUT2D eigenvalue weighted by molar-refractivity contribution is 8.00. The Morgan fingerprint density at radius 1 is 1.33 bits per heavy atom. The van der Waals surface area contributed by atoms with Crippen LogP contribution in [0.3, 0.4) is 0 Å². The first-order valence-corrected chi connectivity index (χ1v) is 6.59. The molecule has 2 rings (SSSR count). The van der Waals surface area contributed by atoms with Gasteiger partial charge in [0, 0.05) is 17.6 Å². The molecular formula is C12H11ClN4S. The Morgan fingerprint density at radius 2 is 2.00 bits per heavy atom. The molecule has 2 aromatic rings. The first-order chi connectivity index (χ1) is 8.61. The molecule has 0 fully saturated rings. The van der Waals surface area contributed by atoms with Crippen LogP contribution < -0.4 is 0 Å². The van der Waals surface area contributed by atoms with Gasteiger partial charge in [-0.25, -0.2) is 0 Å². The summed E-state index contributed by atoms with van der Waals surface area (Å²) < 4.78 is 1.88. The minimum Gasteiger partial charge on any atom is -0.305 e. The molecule has 92 valence electrons. The van der Waals surface area contributed by atoms with E-state index in [0.717, 1.165) is 16.5 Å². The number of hydrogen-bond donors (Lipinski definition) is 0. The maximum absolute atomic E-state index is 8.80. The molecule has 0 N–H and O–H groups in total. The molecule has 0 aliphatic rings. The molecule has 1 unspecified atom stereocenters. The Morgan fingerprint density at radius 3 is 2.61 bits per heavy atom. The fourth-order valence-electron chi connectivity index (χ4n) is 1.45. The van der Waals surface area contributed by atoms with Crippen molar-refractivity contribution in [2.75, 3.05) is 0 Å². The Hall–Kier alpha value is -1.51. The summed E-state index contributed by atoms with van der Waals surface area (Å²) in [5.41, 5.74) is 0.950. The fraction of sp³-hybridized carbons (Fsp3) is 0.250. The molecule has 0 saturated carbocycles. The number of nitriles is 1. The van der Waals surface area contributed by atoms with Crippen LogP contribution in [0.1, 0.15) is 6.92 Å². The van der Waals surface area contributed by atoms with Gasteiger partial charge in [0.15, 0.2) is 11.0 Å². The Balaban J connectivity index is 2.31. The number of rotatable bonds is 3. The average molecular weight is 279 g/mol. The number of halogens is 1. The number of nitrogens with zero attached hydrogens (tertiary/aromatic N) is 4. The molecule has 0 bridgehead atoms. The van der Waals surface area contributed by atoms with E-state index in [9.17, 15) is 0 Å². The molecule has 0 spiro atoms. The van der Waals surface area contributed by atoms with Crippen molar-refractivity contribution in [3.05, 3.63) is 29.3 Å². The summed E-state index contributed by atoms with van der Waals surface area (Å²) >= 11 is 7.24. The van der Waals surface area contributed by atoms with Gasteiger partial charge in [-0.1, -0.05) is 23.4 Å². The number of hydrogen-bond acceptors (Lipinski definition) is 4. The lowest BCUT2D eigenvalue weighted by Crippen LogP contribution is -1.98. The standard InChI is InChI=1S/C12H11ClN4S/c1-8(7-14)18-12-16-15-11(17(12)2)9-3-5-10(13)6-4-9/h3-6,8H,1-2H3. The van der Waals surface area contributed by atoms with Gasteiger partial charge in [0.1, 0.15) is 0 Å². The predicted molar refractivity (Wildman–Crippen MR) is 72.4 cm³/mol. The molecule has 0 saturated heterocycles. The summed E-state index contributed by atoms with van der Waals surface area (Å²) in [7, 11) is 1.89. The smallest absolute Gasteiger partial charge is 0.192 e. The van der Waals surface area contributed by atoms with Gasteiger partial charge < -0.3 is 4.57 Å². The first-order valence-electron chi connectivity index (χ1n) is 5.33. The van der Waals surface area contributed by atoms with Crippen LogP contribution >= 0.6 is 23.4 Å². The average Bonchev–Trinajstić information content (AvgIpc) is 2.72. The van der Waals surface area contributed by atoms with Crippen LogP contribution in [-0.2, 0) is 7.05 Å². The zero-order chi connectivity index (χ0) is 13.1. The molecular weight excluding hydrogens is 268 g/mol. The maximum atomic E-state index is 8.80. The molecule has 1 aromatic carbocycles. The van der Waals surface area contributed by atoms with Gasteiger partial charge >= 0.3 is 0 Å². The minimum atomic E-state index is -0.147. The molecule has 1 aromatic heterocycles. The van der Waals surface area contributed by atoms with E-state index in [2.05, 4.69) is 16.3 Å². The molecule has 0 aliphatic heterocycles. The monoisotopic (exact) mass is 278 g/mol. The number of benzene rings is 1. The van der Waals surface area contributed by atoms with Crippen molar-refractivity contribution < 1.29 is 0 Å². The van der Waals surface area contributed by atoms with Crippen molar-refractivity contribution in [2.45, 2.75) is 17.3 Å². The second kappa shape index (κ2) is 5.42. The van der Waals surface area contributed by atoms with Crippen molar-refractivity contribution in [2.24, 2.45) is 7.05 Å². The quantitative estimate of drug-likeness (QED) is 0.810. The molecule has 4 nitrogen and oxygen atoms in total. The van der Waals surface area contributed by atoms with E-state index in [4.69, 9.17) is 16.9 Å². The second-order valence-electron chi connectivity index (χ2n) is 3.76. The summed E-state index contributed by atoms with van der Waals surface area (Å²) in [6.45, 7) is 1.83. The van der Waals surface area contributed by atoms with Crippen molar-refractivity contribution in [1.29, 1.82) is 5.26 Å². The Labute approximate surface area is 115 Å². The SMILES string of the molecule is CC(C#N)Sc1nnc(-c2ccc(Cl)cc2)n1C. The van der Waals surface area contributed by atoms with Gasteiger partial charge in [0.2, 0.25) is 0 Å². The van der Waals surface area contributed by atoms with Gasteiger partial charge in [-0.3, -0.25) is 0 Å². The van der Waals surface area contributed by atoms with Gasteiger partial charge in [0.05, 0.1) is 11.3 Å². The maximum Gasteiger partial charge on any atom is 0.192 e. The van der Waals surface area contributed by atoms with Crippen LogP contribution in [0.2, 0.25) is 5.02 Å². The third kappa shape index (κ3) is 2.66. The molecule has 1 atom stereocenters. The van der Waals surface area contributed by atoms with Gasteiger partial charge in [-0.15, -0.1) is 10.2 Å². The third-order valence-corrected chi connectivity index (χ3v) is 3.68. The lowest BCUT2D eigenvalue weighted by atomic mass is 10.2. The zero-order valence-electron chi connectivity index (χ0n) is 9.96. The fourth-order valence-corrected chi connectivity index (χ4v) is 2.28. The molecule has 0 aliphatic carbocycles. The highest BCUT2D eigenvalue weighted by atomic mass is 35.5. The highest BCUT2D eigenvalue weighted by Gasteiger charge is 2.13. The van der Waals surface area contributed by atoms with E-state index >= 15 is 0 Å². The topological polar surface area (TPSA) is 54.5 Å². The van der Waals surface area contributed by atoms with Gasteiger partial charge in [-0.2, -0.15) is 5.26 Å². The summed E-state index contributed by atoms with van der Waals surface area (Å²) in [4.78, 5) is 0. The van der Waals surface area contributed by atoms with Crippen molar-refractivity contribution in [1.82, 2.24) is 14.8 Å². The highest BCUT2D eigenvalue weighted by Crippen LogP contribution is 2.25. The summed E-state index contributed by atoms with van der Waals surface area (Å²) in [6.07, 6.45) is 0.